The molecule has 0 radical (unpaired) electrons. The molecule has 0 N–H and O–H groups in total. The maximum atomic E-state index is 13.2. The molecule has 3 aromatic rings. The largest absolute Gasteiger partial charge is 0.340 e. The number of piperidine rings is 1. The minimum atomic E-state index is -0.123. The number of nitrogens with zero attached hydrogens (tertiary/aromatic N) is 4. The molecule has 1 amide bonds. The number of fused-ring (bicyclic) bond motifs is 2. The fourth-order valence-electron chi connectivity index (χ4n) is 5.37. The zero-order valence-electron chi connectivity index (χ0n) is 19.1. The molecule has 0 bridgehead atoms. The molecule has 2 aliphatic heterocycles. The maximum absolute atomic E-state index is 13.2. The third kappa shape index (κ3) is 3.86. The highest BCUT2D eigenvalue weighted by Crippen LogP contribution is 2.39. The molecule has 32 heavy (non-hydrogen) atoms. The maximum Gasteiger partial charge on any atom is 0.227 e. The second-order valence-electron chi connectivity index (χ2n) is 9.58. The number of likely N-dealkylation sites (tertiary alicyclic amines) is 1. The lowest BCUT2D eigenvalue weighted by molar-refractivity contribution is -0.134. The van der Waals surface area contributed by atoms with Crippen molar-refractivity contribution < 1.29 is 4.79 Å². The quantitative estimate of drug-likeness (QED) is 0.621. The van der Waals surface area contributed by atoms with E-state index in [4.69, 9.17) is 4.98 Å². The Hall–Kier alpha value is -2.92. The van der Waals surface area contributed by atoms with E-state index in [9.17, 15) is 4.79 Å². The number of hydrogen-bond acceptors (Lipinski definition) is 3. The van der Waals surface area contributed by atoms with Crippen LogP contribution in [0.5, 0.6) is 0 Å². The van der Waals surface area contributed by atoms with Crippen molar-refractivity contribution in [1.82, 2.24) is 19.4 Å². The SMILES string of the molecule is CC(C)N1Cc2c(-c3ccccc3)ncn2[C@@]2(CCCN(C(=O)Cc3ccccc3)C2)C1. The number of hydrogen-bond donors (Lipinski definition) is 0. The molecule has 0 unspecified atom stereocenters. The van der Waals surface area contributed by atoms with Gasteiger partial charge in [0.25, 0.3) is 0 Å². The Morgan fingerprint density at radius 1 is 1.03 bits per heavy atom. The van der Waals surface area contributed by atoms with Gasteiger partial charge in [-0.15, -0.1) is 0 Å². The second-order valence-corrected chi connectivity index (χ2v) is 9.58. The van der Waals surface area contributed by atoms with Crippen molar-refractivity contribution in [2.75, 3.05) is 19.6 Å². The van der Waals surface area contributed by atoms with Crippen LogP contribution in [0.2, 0.25) is 0 Å². The smallest absolute Gasteiger partial charge is 0.227 e. The van der Waals surface area contributed by atoms with E-state index in [-0.39, 0.29) is 11.4 Å². The van der Waals surface area contributed by atoms with Crippen LogP contribution in [0.15, 0.2) is 67.0 Å². The van der Waals surface area contributed by atoms with E-state index in [0.717, 1.165) is 55.8 Å². The Morgan fingerprint density at radius 2 is 1.75 bits per heavy atom. The lowest BCUT2D eigenvalue weighted by Gasteiger charge is -2.50. The first-order chi connectivity index (χ1) is 15.6. The number of benzene rings is 2. The van der Waals surface area contributed by atoms with Crippen LogP contribution < -0.4 is 0 Å². The Kier molecular flexibility index (Phi) is 5.60. The summed E-state index contributed by atoms with van der Waals surface area (Å²) in [6, 6.07) is 21.0. The molecule has 1 fully saturated rings. The van der Waals surface area contributed by atoms with E-state index in [1.807, 2.05) is 42.7 Å². The van der Waals surface area contributed by atoms with E-state index in [0.29, 0.717) is 12.5 Å². The molecule has 0 aliphatic carbocycles. The monoisotopic (exact) mass is 428 g/mol. The molecule has 1 saturated heterocycles. The van der Waals surface area contributed by atoms with Gasteiger partial charge in [0, 0.05) is 37.8 Å². The summed E-state index contributed by atoms with van der Waals surface area (Å²) in [5, 5.41) is 0. The zero-order valence-corrected chi connectivity index (χ0v) is 19.1. The number of carbonyl (C=O) groups is 1. The van der Waals surface area contributed by atoms with Gasteiger partial charge in [-0.3, -0.25) is 9.69 Å². The highest BCUT2D eigenvalue weighted by molar-refractivity contribution is 5.79. The topological polar surface area (TPSA) is 41.4 Å². The predicted octanol–water partition coefficient (Wildman–Crippen LogP) is 4.33. The van der Waals surface area contributed by atoms with Crippen LogP contribution in [-0.4, -0.2) is 50.9 Å². The molecular weight excluding hydrogens is 396 g/mol. The molecule has 5 nitrogen and oxygen atoms in total. The third-order valence-corrected chi connectivity index (χ3v) is 7.11. The van der Waals surface area contributed by atoms with Crippen LogP contribution in [0.1, 0.15) is 37.9 Å². The fourth-order valence-corrected chi connectivity index (χ4v) is 5.37. The highest BCUT2D eigenvalue weighted by Gasteiger charge is 2.45. The number of amides is 1. The van der Waals surface area contributed by atoms with Crippen LogP contribution in [0.4, 0.5) is 0 Å². The molecule has 2 aliphatic rings. The highest BCUT2D eigenvalue weighted by atomic mass is 16.2. The molecule has 0 saturated carbocycles. The molecule has 5 rings (SSSR count). The van der Waals surface area contributed by atoms with Crippen molar-refractivity contribution in [3.8, 4) is 11.3 Å². The molecular formula is C27H32N4O. The Balaban J connectivity index is 1.48. The van der Waals surface area contributed by atoms with E-state index in [1.54, 1.807) is 0 Å². The summed E-state index contributed by atoms with van der Waals surface area (Å²) >= 11 is 0. The first-order valence-electron chi connectivity index (χ1n) is 11.7. The van der Waals surface area contributed by atoms with Gasteiger partial charge in [-0.1, -0.05) is 60.7 Å². The number of imidazole rings is 1. The molecule has 1 aromatic heterocycles. The number of carbonyl (C=O) groups excluding carboxylic acids is 1. The van der Waals surface area contributed by atoms with Crippen LogP contribution in [-0.2, 0) is 23.3 Å². The van der Waals surface area contributed by atoms with Gasteiger partial charge in [0.15, 0.2) is 0 Å². The first-order valence-corrected chi connectivity index (χ1v) is 11.7. The van der Waals surface area contributed by atoms with Gasteiger partial charge in [-0.05, 0) is 32.3 Å². The summed E-state index contributed by atoms with van der Waals surface area (Å²) in [5.41, 5.74) is 4.47. The molecule has 1 atom stereocenters. The third-order valence-electron chi connectivity index (χ3n) is 7.11. The zero-order chi connectivity index (χ0) is 22.1. The van der Waals surface area contributed by atoms with Crippen molar-refractivity contribution in [3.63, 3.8) is 0 Å². The van der Waals surface area contributed by atoms with Gasteiger partial charge in [0.2, 0.25) is 5.91 Å². The molecule has 3 heterocycles. The van der Waals surface area contributed by atoms with Gasteiger partial charge in [0.1, 0.15) is 0 Å². The first kappa shape index (κ1) is 21.0. The van der Waals surface area contributed by atoms with Crippen molar-refractivity contribution in [1.29, 1.82) is 0 Å². The van der Waals surface area contributed by atoms with Crippen LogP contribution >= 0.6 is 0 Å². The summed E-state index contributed by atoms with van der Waals surface area (Å²) in [6.07, 6.45) is 4.59. The molecule has 166 valence electrons. The number of aromatic nitrogens is 2. The van der Waals surface area contributed by atoms with Crippen molar-refractivity contribution in [3.05, 3.63) is 78.2 Å². The molecule has 5 heteroatoms. The summed E-state index contributed by atoms with van der Waals surface area (Å²) in [4.78, 5) is 22.8. The molecule has 2 aromatic carbocycles. The summed E-state index contributed by atoms with van der Waals surface area (Å²) in [6.45, 7) is 7.97. The average Bonchev–Trinajstić information content (AvgIpc) is 3.25. The Labute approximate surface area is 190 Å². The van der Waals surface area contributed by atoms with E-state index in [2.05, 4.69) is 52.5 Å². The lowest BCUT2D eigenvalue weighted by Crippen LogP contribution is -2.60. The minimum Gasteiger partial charge on any atom is -0.340 e. The predicted molar refractivity (Wildman–Crippen MR) is 127 cm³/mol. The van der Waals surface area contributed by atoms with Gasteiger partial charge in [0.05, 0.1) is 29.7 Å². The normalized spacial score (nSPS) is 21.2. The van der Waals surface area contributed by atoms with E-state index in [1.165, 1.54) is 5.69 Å². The number of rotatable bonds is 4. The Bertz CT molecular complexity index is 1080. The van der Waals surface area contributed by atoms with Crippen molar-refractivity contribution >= 4 is 5.91 Å². The summed E-state index contributed by atoms with van der Waals surface area (Å²) < 4.78 is 2.41. The summed E-state index contributed by atoms with van der Waals surface area (Å²) in [5.74, 6) is 0.224. The van der Waals surface area contributed by atoms with E-state index >= 15 is 0 Å². The second kappa shape index (κ2) is 8.55. The summed E-state index contributed by atoms with van der Waals surface area (Å²) in [7, 11) is 0. The van der Waals surface area contributed by atoms with Gasteiger partial charge >= 0.3 is 0 Å². The van der Waals surface area contributed by atoms with Crippen LogP contribution in [0.25, 0.3) is 11.3 Å². The standard InChI is InChI=1S/C27H32N4O/c1-21(2)30-17-24-26(23-12-7-4-8-13-23)28-20-31(24)27(19-30)14-9-15-29(18-27)25(32)16-22-10-5-3-6-11-22/h3-8,10-13,20-21H,9,14-19H2,1-2H3/t27-/m1/s1. The van der Waals surface area contributed by atoms with Gasteiger partial charge in [-0.2, -0.15) is 0 Å². The fraction of sp³-hybridized carbons (Fsp3) is 0.407. The van der Waals surface area contributed by atoms with Gasteiger partial charge < -0.3 is 9.47 Å². The Morgan fingerprint density at radius 3 is 2.47 bits per heavy atom. The van der Waals surface area contributed by atoms with Crippen LogP contribution in [0, 0.1) is 0 Å². The van der Waals surface area contributed by atoms with Crippen LogP contribution in [0.3, 0.4) is 0 Å². The van der Waals surface area contributed by atoms with E-state index < -0.39 is 0 Å². The average molecular weight is 429 g/mol. The lowest BCUT2D eigenvalue weighted by atomic mass is 9.85. The minimum absolute atomic E-state index is 0.123. The van der Waals surface area contributed by atoms with Crippen molar-refractivity contribution in [2.24, 2.45) is 0 Å². The van der Waals surface area contributed by atoms with Gasteiger partial charge in [-0.25, -0.2) is 4.98 Å². The van der Waals surface area contributed by atoms with Crippen molar-refractivity contribution in [2.45, 2.75) is 51.2 Å². The molecule has 1 spiro atoms.